The maximum Gasteiger partial charge on any atom is 0.119 e. The number of hydrogen-bond acceptors (Lipinski definition) is 3. The molecular formula is C16H26O2S. The van der Waals surface area contributed by atoms with Gasteiger partial charge in [-0.2, -0.15) is 12.6 Å². The Kier molecular flexibility index (Phi) is 9.42. The third-order valence-corrected chi connectivity index (χ3v) is 3.45. The van der Waals surface area contributed by atoms with Crippen LogP contribution < -0.4 is 9.47 Å². The molecule has 0 spiro atoms. The van der Waals surface area contributed by atoms with Crippen molar-refractivity contribution in [3.63, 3.8) is 0 Å². The van der Waals surface area contributed by atoms with E-state index in [1.165, 1.54) is 38.5 Å². The van der Waals surface area contributed by atoms with Crippen molar-refractivity contribution in [2.75, 3.05) is 19.5 Å². The lowest BCUT2D eigenvalue weighted by Crippen LogP contribution is -1.97. The standard InChI is InChI=1S/C16H26O2S/c1-17-15-9-11-16(12-10-15)18-13-7-5-3-2-4-6-8-14-19/h9-12,19H,2-8,13-14H2,1H3. The molecule has 1 aromatic rings. The molecule has 0 saturated carbocycles. The molecule has 0 aliphatic heterocycles. The highest BCUT2D eigenvalue weighted by atomic mass is 32.1. The van der Waals surface area contributed by atoms with Crippen molar-refractivity contribution in [2.45, 2.75) is 44.9 Å². The SMILES string of the molecule is COc1ccc(OCCCCCCCCCS)cc1. The zero-order valence-corrected chi connectivity index (χ0v) is 12.8. The molecule has 1 aromatic carbocycles. The number of thiol groups is 1. The predicted octanol–water partition coefficient (Wildman–Crippen LogP) is 4.73. The molecular weight excluding hydrogens is 256 g/mol. The molecule has 0 aromatic heterocycles. The molecule has 1 rings (SSSR count). The lowest BCUT2D eigenvalue weighted by Gasteiger charge is -2.07. The van der Waals surface area contributed by atoms with E-state index in [4.69, 9.17) is 9.47 Å². The van der Waals surface area contributed by atoms with Crippen LogP contribution in [0.4, 0.5) is 0 Å². The van der Waals surface area contributed by atoms with Gasteiger partial charge in [-0.15, -0.1) is 0 Å². The minimum atomic E-state index is 0.809. The van der Waals surface area contributed by atoms with Gasteiger partial charge in [0.15, 0.2) is 0 Å². The molecule has 0 fully saturated rings. The van der Waals surface area contributed by atoms with Crippen LogP contribution in [0.5, 0.6) is 11.5 Å². The van der Waals surface area contributed by atoms with Crippen molar-refractivity contribution in [3.05, 3.63) is 24.3 Å². The van der Waals surface area contributed by atoms with Crippen LogP contribution >= 0.6 is 12.6 Å². The molecule has 0 heterocycles. The van der Waals surface area contributed by atoms with Crippen molar-refractivity contribution < 1.29 is 9.47 Å². The summed E-state index contributed by atoms with van der Waals surface area (Å²) in [6.45, 7) is 0.809. The van der Waals surface area contributed by atoms with Crippen LogP contribution in [0.25, 0.3) is 0 Å². The minimum absolute atomic E-state index is 0.809. The number of hydrogen-bond donors (Lipinski definition) is 1. The average molecular weight is 282 g/mol. The van der Waals surface area contributed by atoms with E-state index in [-0.39, 0.29) is 0 Å². The second-order valence-corrected chi connectivity index (χ2v) is 5.17. The lowest BCUT2D eigenvalue weighted by atomic mass is 10.1. The van der Waals surface area contributed by atoms with Crippen molar-refractivity contribution >= 4 is 12.6 Å². The zero-order chi connectivity index (χ0) is 13.8. The quantitative estimate of drug-likeness (QED) is 0.467. The summed E-state index contributed by atoms with van der Waals surface area (Å²) < 4.78 is 10.8. The second kappa shape index (κ2) is 11.0. The fourth-order valence-electron chi connectivity index (χ4n) is 1.96. The first kappa shape index (κ1) is 16.2. The Morgan fingerprint density at radius 3 is 1.89 bits per heavy atom. The van der Waals surface area contributed by atoms with E-state index in [2.05, 4.69) is 12.6 Å². The summed E-state index contributed by atoms with van der Waals surface area (Å²) in [6.07, 6.45) is 8.99. The Labute approximate surface area is 122 Å². The lowest BCUT2D eigenvalue weighted by molar-refractivity contribution is 0.303. The summed E-state index contributed by atoms with van der Waals surface area (Å²) in [5.74, 6) is 2.82. The maximum atomic E-state index is 5.68. The van der Waals surface area contributed by atoms with Crippen LogP contribution in [0.2, 0.25) is 0 Å². The third kappa shape index (κ3) is 8.04. The normalized spacial score (nSPS) is 10.4. The van der Waals surface area contributed by atoms with Crippen molar-refractivity contribution in [1.29, 1.82) is 0 Å². The van der Waals surface area contributed by atoms with Crippen LogP contribution in [0, 0.1) is 0 Å². The van der Waals surface area contributed by atoms with E-state index in [0.717, 1.165) is 30.3 Å². The molecule has 0 unspecified atom stereocenters. The first-order chi connectivity index (χ1) is 9.36. The molecule has 2 nitrogen and oxygen atoms in total. The molecule has 108 valence electrons. The Balaban J connectivity index is 1.95. The largest absolute Gasteiger partial charge is 0.497 e. The topological polar surface area (TPSA) is 18.5 Å². The maximum absolute atomic E-state index is 5.68. The van der Waals surface area contributed by atoms with Gasteiger partial charge in [-0.1, -0.05) is 32.1 Å². The first-order valence-electron chi connectivity index (χ1n) is 7.24. The van der Waals surface area contributed by atoms with Gasteiger partial charge >= 0.3 is 0 Å². The smallest absolute Gasteiger partial charge is 0.119 e. The number of rotatable bonds is 11. The van der Waals surface area contributed by atoms with Crippen LogP contribution in [-0.2, 0) is 0 Å². The molecule has 0 atom stereocenters. The molecule has 0 radical (unpaired) electrons. The Bertz CT molecular complexity index is 311. The van der Waals surface area contributed by atoms with E-state index in [9.17, 15) is 0 Å². The molecule has 0 bridgehead atoms. The van der Waals surface area contributed by atoms with Gasteiger partial charge in [0.1, 0.15) is 11.5 Å². The Morgan fingerprint density at radius 1 is 0.789 bits per heavy atom. The second-order valence-electron chi connectivity index (χ2n) is 4.72. The fourth-order valence-corrected chi connectivity index (χ4v) is 2.18. The van der Waals surface area contributed by atoms with Crippen LogP contribution in [0.15, 0.2) is 24.3 Å². The highest BCUT2D eigenvalue weighted by Crippen LogP contribution is 2.17. The molecule has 3 heteroatoms. The van der Waals surface area contributed by atoms with E-state index < -0.39 is 0 Å². The van der Waals surface area contributed by atoms with E-state index in [1.54, 1.807) is 7.11 Å². The third-order valence-electron chi connectivity index (χ3n) is 3.13. The zero-order valence-electron chi connectivity index (χ0n) is 11.9. The van der Waals surface area contributed by atoms with E-state index >= 15 is 0 Å². The summed E-state index contributed by atoms with van der Waals surface area (Å²) in [4.78, 5) is 0. The highest BCUT2D eigenvalue weighted by molar-refractivity contribution is 7.80. The van der Waals surface area contributed by atoms with Crippen molar-refractivity contribution in [2.24, 2.45) is 0 Å². The summed E-state index contributed by atoms with van der Waals surface area (Å²) in [5, 5.41) is 0. The van der Waals surface area contributed by atoms with Gasteiger partial charge in [0.05, 0.1) is 13.7 Å². The number of unbranched alkanes of at least 4 members (excludes halogenated alkanes) is 6. The van der Waals surface area contributed by atoms with Crippen molar-refractivity contribution in [3.8, 4) is 11.5 Å². The van der Waals surface area contributed by atoms with Crippen LogP contribution in [-0.4, -0.2) is 19.5 Å². The van der Waals surface area contributed by atoms with Gasteiger partial charge < -0.3 is 9.47 Å². The van der Waals surface area contributed by atoms with Crippen LogP contribution in [0.1, 0.15) is 44.9 Å². The highest BCUT2D eigenvalue weighted by Gasteiger charge is 1.96. The molecule has 19 heavy (non-hydrogen) atoms. The van der Waals surface area contributed by atoms with E-state index in [1.807, 2.05) is 24.3 Å². The minimum Gasteiger partial charge on any atom is -0.497 e. The number of ether oxygens (including phenoxy) is 2. The first-order valence-corrected chi connectivity index (χ1v) is 7.88. The Morgan fingerprint density at radius 2 is 1.32 bits per heavy atom. The van der Waals surface area contributed by atoms with Crippen molar-refractivity contribution in [1.82, 2.24) is 0 Å². The van der Waals surface area contributed by atoms with Gasteiger partial charge in [0.2, 0.25) is 0 Å². The number of methoxy groups -OCH3 is 1. The van der Waals surface area contributed by atoms with Gasteiger partial charge in [-0.25, -0.2) is 0 Å². The summed E-state index contributed by atoms with van der Waals surface area (Å²) in [6, 6.07) is 7.76. The molecule has 0 N–H and O–H groups in total. The predicted molar refractivity (Wildman–Crippen MR) is 84.7 cm³/mol. The van der Waals surface area contributed by atoms with Gasteiger partial charge in [-0.3, -0.25) is 0 Å². The fraction of sp³-hybridized carbons (Fsp3) is 0.625. The van der Waals surface area contributed by atoms with Crippen LogP contribution in [0.3, 0.4) is 0 Å². The molecule has 0 aliphatic rings. The summed E-state index contributed by atoms with van der Waals surface area (Å²) in [7, 11) is 1.67. The molecule has 0 saturated heterocycles. The molecule has 0 amide bonds. The monoisotopic (exact) mass is 282 g/mol. The van der Waals surface area contributed by atoms with E-state index in [0.29, 0.717) is 0 Å². The Hall–Kier alpha value is -0.830. The van der Waals surface area contributed by atoms with Gasteiger partial charge in [-0.05, 0) is 42.9 Å². The summed E-state index contributed by atoms with van der Waals surface area (Å²) in [5.41, 5.74) is 0. The van der Waals surface area contributed by atoms with Gasteiger partial charge in [0.25, 0.3) is 0 Å². The molecule has 0 aliphatic carbocycles. The summed E-state index contributed by atoms with van der Waals surface area (Å²) >= 11 is 4.21. The van der Waals surface area contributed by atoms with Gasteiger partial charge in [0, 0.05) is 0 Å². The average Bonchev–Trinajstić information content (AvgIpc) is 2.46. The number of benzene rings is 1.